The molecule has 2 aromatic rings. The Labute approximate surface area is 115 Å². The first-order valence-corrected chi connectivity index (χ1v) is 6.54. The fourth-order valence-electron chi connectivity index (χ4n) is 1.79. The van der Waals surface area contributed by atoms with Gasteiger partial charge in [0.15, 0.2) is 0 Å². The zero-order chi connectivity index (χ0) is 13.7. The van der Waals surface area contributed by atoms with Crippen molar-refractivity contribution in [3.8, 4) is 5.75 Å². The van der Waals surface area contributed by atoms with Gasteiger partial charge in [0, 0.05) is 0 Å². The monoisotopic (exact) mass is 252 g/mol. The quantitative estimate of drug-likeness (QED) is 0.696. The summed E-state index contributed by atoms with van der Waals surface area (Å²) in [5.74, 6) is 0.861. The van der Waals surface area contributed by atoms with Crippen LogP contribution in [0, 0.1) is 0 Å². The molecule has 0 aliphatic carbocycles. The SMILES string of the molecule is CC(C)(C)c1ccc(O/C=C/c2ccccc2)cc1. The third kappa shape index (κ3) is 3.99. The van der Waals surface area contributed by atoms with E-state index < -0.39 is 0 Å². The molecular weight excluding hydrogens is 232 g/mol. The molecule has 0 unspecified atom stereocenters. The van der Waals surface area contributed by atoms with Crippen LogP contribution >= 0.6 is 0 Å². The van der Waals surface area contributed by atoms with E-state index >= 15 is 0 Å². The van der Waals surface area contributed by atoms with E-state index in [1.807, 2.05) is 48.5 Å². The Balaban J connectivity index is 1.99. The van der Waals surface area contributed by atoms with E-state index in [4.69, 9.17) is 4.74 Å². The Hall–Kier alpha value is -2.02. The van der Waals surface area contributed by atoms with Crippen molar-refractivity contribution in [3.63, 3.8) is 0 Å². The van der Waals surface area contributed by atoms with Gasteiger partial charge in [-0.1, -0.05) is 63.2 Å². The third-order valence-electron chi connectivity index (χ3n) is 2.98. The van der Waals surface area contributed by atoms with E-state index in [9.17, 15) is 0 Å². The van der Waals surface area contributed by atoms with Gasteiger partial charge in [-0.15, -0.1) is 0 Å². The standard InChI is InChI=1S/C18H20O/c1-18(2,3)16-9-11-17(12-10-16)19-14-13-15-7-5-4-6-8-15/h4-14H,1-3H3/b14-13+. The van der Waals surface area contributed by atoms with E-state index in [0.29, 0.717) is 0 Å². The highest BCUT2D eigenvalue weighted by molar-refractivity contribution is 5.48. The third-order valence-corrected chi connectivity index (χ3v) is 2.98. The van der Waals surface area contributed by atoms with Crippen molar-refractivity contribution in [2.24, 2.45) is 0 Å². The lowest BCUT2D eigenvalue weighted by Gasteiger charge is -2.18. The first-order valence-electron chi connectivity index (χ1n) is 6.54. The van der Waals surface area contributed by atoms with Gasteiger partial charge in [0.05, 0.1) is 6.26 Å². The zero-order valence-corrected chi connectivity index (χ0v) is 11.8. The molecule has 0 saturated carbocycles. The minimum absolute atomic E-state index is 0.179. The van der Waals surface area contributed by atoms with Crippen molar-refractivity contribution in [2.45, 2.75) is 26.2 Å². The molecule has 0 fully saturated rings. The Morgan fingerprint density at radius 2 is 1.47 bits per heavy atom. The van der Waals surface area contributed by atoms with Gasteiger partial charge in [-0.3, -0.25) is 0 Å². The summed E-state index contributed by atoms with van der Waals surface area (Å²) in [5, 5.41) is 0. The maximum atomic E-state index is 5.60. The van der Waals surface area contributed by atoms with Crippen molar-refractivity contribution < 1.29 is 4.74 Å². The van der Waals surface area contributed by atoms with Crippen molar-refractivity contribution in [1.29, 1.82) is 0 Å². The second-order valence-corrected chi connectivity index (χ2v) is 5.61. The summed E-state index contributed by atoms with van der Waals surface area (Å²) in [6.45, 7) is 6.62. The molecule has 0 aromatic heterocycles. The molecule has 2 aromatic carbocycles. The smallest absolute Gasteiger partial charge is 0.126 e. The number of hydrogen-bond acceptors (Lipinski definition) is 1. The van der Waals surface area contributed by atoms with E-state index in [0.717, 1.165) is 11.3 Å². The number of ether oxygens (including phenoxy) is 1. The van der Waals surface area contributed by atoms with Crippen molar-refractivity contribution >= 4 is 6.08 Å². The normalized spacial score (nSPS) is 11.7. The highest BCUT2D eigenvalue weighted by atomic mass is 16.5. The van der Waals surface area contributed by atoms with Crippen LogP contribution in [0.25, 0.3) is 6.08 Å². The van der Waals surface area contributed by atoms with Crippen LogP contribution in [0.1, 0.15) is 31.9 Å². The molecular formula is C18H20O. The van der Waals surface area contributed by atoms with Crippen molar-refractivity contribution in [2.75, 3.05) is 0 Å². The largest absolute Gasteiger partial charge is 0.465 e. The average molecular weight is 252 g/mol. The topological polar surface area (TPSA) is 9.23 Å². The fourth-order valence-corrected chi connectivity index (χ4v) is 1.79. The van der Waals surface area contributed by atoms with Gasteiger partial charge in [0.1, 0.15) is 5.75 Å². The lowest BCUT2D eigenvalue weighted by atomic mass is 9.87. The molecule has 0 bridgehead atoms. The summed E-state index contributed by atoms with van der Waals surface area (Å²) in [4.78, 5) is 0. The molecule has 0 radical (unpaired) electrons. The van der Waals surface area contributed by atoms with Gasteiger partial charge >= 0.3 is 0 Å². The predicted octanol–water partition coefficient (Wildman–Crippen LogP) is 5.03. The molecule has 0 aliphatic rings. The van der Waals surface area contributed by atoms with Crippen LogP contribution in [0.5, 0.6) is 5.75 Å². The van der Waals surface area contributed by atoms with Crippen molar-refractivity contribution in [1.82, 2.24) is 0 Å². The number of hydrogen-bond donors (Lipinski definition) is 0. The van der Waals surface area contributed by atoms with Gasteiger partial charge in [-0.2, -0.15) is 0 Å². The second kappa shape index (κ2) is 5.75. The molecule has 0 spiro atoms. The highest BCUT2D eigenvalue weighted by Crippen LogP contribution is 2.24. The Morgan fingerprint density at radius 1 is 0.842 bits per heavy atom. The van der Waals surface area contributed by atoms with Crippen LogP contribution < -0.4 is 4.74 Å². The summed E-state index contributed by atoms with van der Waals surface area (Å²) < 4.78 is 5.60. The van der Waals surface area contributed by atoms with Gasteiger partial charge in [0.2, 0.25) is 0 Å². The zero-order valence-electron chi connectivity index (χ0n) is 11.8. The van der Waals surface area contributed by atoms with Crippen LogP contribution in [0.4, 0.5) is 0 Å². The molecule has 0 saturated heterocycles. The van der Waals surface area contributed by atoms with E-state index in [-0.39, 0.29) is 5.41 Å². The summed E-state index contributed by atoms with van der Waals surface area (Å²) in [7, 11) is 0. The molecule has 98 valence electrons. The maximum absolute atomic E-state index is 5.60. The summed E-state index contributed by atoms with van der Waals surface area (Å²) in [6, 6.07) is 18.4. The Kier molecular flexibility index (Phi) is 4.06. The minimum Gasteiger partial charge on any atom is -0.465 e. The molecule has 0 heterocycles. The van der Waals surface area contributed by atoms with Crippen molar-refractivity contribution in [3.05, 3.63) is 72.0 Å². The summed E-state index contributed by atoms with van der Waals surface area (Å²) in [5.41, 5.74) is 2.62. The number of rotatable bonds is 3. The van der Waals surface area contributed by atoms with Gasteiger partial charge in [-0.05, 0) is 34.8 Å². The van der Waals surface area contributed by atoms with Crippen LogP contribution in [-0.4, -0.2) is 0 Å². The summed E-state index contributed by atoms with van der Waals surface area (Å²) in [6.07, 6.45) is 3.68. The lowest BCUT2D eigenvalue weighted by molar-refractivity contribution is 0.484. The molecule has 0 atom stereocenters. The van der Waals surface area contributed by atoms with Crippen LogP contribution in [0.3, 0.4) is 0 Å². The van der Waals surface area contributed by atoms with Crippen LogP contribution in [0.15, 0.2) is 60.9 Å². The second-order valence-electron chi connectivity index (χ2n) is 5.61. The highest BCUT2D eigenvalue weighted by Gasteiger charge is 2.12. The van der Waals surface area contributed by atoms with Gasteiger partial charge < -0.3 is 4.74 Å². The van der Waals surface area contributed by atoms with Crippen LogP contribution in [0.2, 0.25) is 0 Å². The van der Waals surface area contributed by atoms with E-state index in [2.05, 4.69) is 32.9 Å². The molecule has 1 nitrogen and oxygen atoms in total. The number of benzene rings is 2. The molecule has 0 N–H and O–H groups in total. The van der Waals surface area contributed by atoms with E-state index in [1.54, 1.807) is 6.26 Å². The molecule has 0 aliphatic heterocycles. The molecule has 0 amide bonds. The van der Waals surface area contributed by atoms with E-state index in [1.165, 1.54) is 5.56 Å². The molecule has 19 heavy (non-hydrogen) atoms. The summed E-state index contributed by atoms with van der Waals surface area (Å²) >= 11 is 0. The first-order chi connectivity index (χ1) is 9.05. The molecule has 1 heteroatoms. The predicted molar refractivity (Wildman–Crippen MR) is 81.2 cm³/mol. The minimum atomic E-state index is 0.179. The average Bonchev–Trinajstić information content (AvgIpc) is 2.39. The van der Waals surface area contributed by atoms with Gasteiger partial charge in [-0.25, -0.2) is 0 Å². The fraction of sp³-hybridized carbons (Fsp3) is 0.222. The Bertz CT molecular complexity index is 530. The first kappa shape index (κ1) is 13.4. The van der Waals surface area contributed by atoms with Gasteiger partial charge in [0.25, 0.3) is 0 Å². The van der Waals surface area contributed by atoms with Crippen LogP contribution in [-0.2, 0) is 5.41 Å². The lowest BCUT2D eigenvalue weighted by Crippen LogP contribution is -2.10. The Morgan fingerprint density at radius 3 is 2.05 bits per heavy atom. The maximum Gasteiger partial charge on any atom is 0.126 e. The molecule has 2 rings (SSSR count).